The Bertz CT molecular complexity index is 403. The highest BCUT2D eigenvalue weighted by Crippen LogP contribution is 2.34. The molecule has 3 nitrogen and oxygen atoms in total. The molecule has 0 saturated carbocycles. The third-order valence-corrected chi connectivity index (χ3v) is 6.47. The van der Waals surface area contributed by atoms with Crippen molar-refractivity contribution < 1.29 is 0 Å². The second-order valence-electron chi connectivity index (χ2n) is 6.09. The quantitative estimate of drug-likeness (QED) is 0.860. The molecule has 1 aliphatic heterocycles. The van der Waals surface area contributed by atoms with Crippen LogP contribution in [0, 0.1) is 0 Å². The predicted octanol–water partition coefficient (Wildman–Crippen LogP) is 4.01. The fourth-order valence-electron chi connectivity index (χ4n) is 3.26. The third-order valence-electron chi connectivity index (χ3n) is 4.90. The summed E-state index contributed by atoms with van der Waals surface area (Å²) in [6.07, 6.45) is 12.6. The minimum absolute atomic E-state index is 0.343. The maximum atomic E-state index is 4.42. The van der Waals surface area contributed by atoms with E-state index in [1.54, 1.807) is 0 Å². The third kappa shape index (κ3) is 3.40. The first-order chi connectivity index (χ1) is 9.64. The van der Waals surface area contributed by atoms with E-state index in [0.29, 0.717) is 16.8 Å². The summed E-state index contributed by atoms with van der Waals surface area (Å²) in [4.78, 5) is 4.42. The number of rotatable bonds is 6. The highest BCUT2D eigenvalue weighted by atomic mass is 32.2. The molecule has 20 heavy (non-hydrogen) atoms. The van der Waals surface area contributed by atoms with Crippen molar-refractivity contribution in [3.8, 4) is 0 Å². The van der Waals surface area contributed by atoms with Crippen molar-refractivity contribution in [2.45, 2.75) is 76.3 Å². The van der Waals surface area contributed by atoms with E-state index in [1.807, 2.05) is 18.1 Å². The van der Waals surface area contributed by atoms with Gasteiger partial charge in [-0.2, -0.15) is 11.8 Å². The molecule has 114 valence electrons. The number of hydrogen-bond donors (Lipinski definition) is 1. The SMILES string of the molecule is CCC(CC)(Cn1cncc1C1CCCC(C)N1)SC. The zero-order valence-corrected chi connectivity index (χ0v) is 14.2. The number of nitrogens with one attached hydrogen (secondary N) is 1. The Morgan fingerprint density at radius 3 is 2.75 bits per heavy atom. The zero-order chi connectivity index (χ0) is 14.6. The van der Waals surface area contributed by atoms with Gasteiger partial charge in [-0.25, -0.2) is 4.98 Å². The predicted molar refractivity (Wildman–Crippen MR) is 88.2 cm³/mol. The first kappa shape index (κ1) is 15.9. The van der Waals surface area contributed by atoms with E-state index in [-0.39, 0.29) is 0 Å². The van der Waals surface area contributed by atoms with Gasteiger partial charge in [0.25, 0.3) is 0 Å². The van der Waals surface area contributed by atoms with Crippen LogP contribution in [0.1, 0.15) is 64.6 Å². The molecule has 1 aliphatic rings. The number of thioether (sulfide) groups is 1. The summed E-state index contributed by atoms with van der Waals surface area (Å²) in [5.74, 6) is 0. The van der Waals surface area contributed by atoms with Gasteiger partial charge in [-0.3, -0.25) is 0 Å². The minimum atomic E-state index is 0.343. The number of hydrogen-bond acceptors (Lipinski definition) is 3. The van der Waals surface area contributed by atoms with E-state index < -0.39 is 0 Å². The van der Waals surface area contributed by atoms with Crippen LogP contribution in [0.3, 0.4) is 0 Å². The van der Waals surface area contributed by atoms with Crippen molar-refractivity contribution in [3.63, 3.8) is 0 Å². The second-order valence-corrected chi connectivity index (χ2v) is 7.37. The van der Waals surface area contributed by atoms with E-state index >= 15 is 0 Å². The van der Waals surface area contributed by atoms with E-state index in [4.69, 9.17) is 0 Å². The number of imidazole rings is 1. The van der Waals surface area contributed by atoms with Crippen LogP contribution < -0.4 is 5.32 Å². The first-order valence-corrected chi connectivity index (χ1v) is 9.17. The molecule has 2 unspecified atom stereocenters. The van der Waals surface area contributed by atoms with Crippen molar-refractivity contribution in [1.82, 2.24) is 14.9 Å². The Hall–Kier alpha value is -0.480. The van der Waals surface area contributed by atoms with Gasteiger partial charge in [-0.1, -0.05) is 13.8 Å². The van der Waals surface area contributed by atoms with Gasteiger partial charge < -0.3 is 9.88 Å². The van der Waals surface area contributed by atoms with E-state index in [9.17, 15) is 0 Å². The molecule has 4 heteroatoms. The van der Waals surface area contributed by atoms with Crippen LogP contribution in [0.15, 0.2) is 12.5 Å². The highest BCUT2D eigenvalue weighted by Gasteiger charge is 2.28. The normalized spacial score (nSPS) is 24.0. The lowest BCUT2D eigenvalue weighted by atomic mass is 9.97. The number of nitrogens with zero attached hydrogens (tertiary/aromatic N) is 2. The topological polar surface area (TPSA) is 29.9 Å². The molecule has 2 rings (SSSR count). The van der Waals surface area contributed by atoms with Crippen molar-refractivity contribution >= 4 is 11.8 Å². The summed E-state index contributed by atoms with van der Waals surface area (Å²) in [6, 6.07) is 1.11. The molecule has 2 heterocycles. The lowest BCUT2D eigenvalue weighted by molar-refractivity contribution is 0.324. The lowest BCUT2D eigenvalue weighted by Crippen LogP contribution is -2.37. The molecule has 0 radical (unpaired) electrons. The van der Waals surface area contributed by atoms with E-state index in [1.165, 1.54) is 37.8 Å². The van der Waals surface area contributed by atoms with Gasteiger partial charge in [-0.05, 0) is 45.3 Å². The summed E-state index contributed by atoms with van der Waals surface area (Å²) in [5, 5.41) is 3.73. The van der Waals surface area contributed by atoms with Crippen LogP contribution in [0.2, 0.25) is 0 Å². The summed E-state index contributed by atoms with van der Waals surface area (Å²) in [6.45, 7) is 7.97. The molecule has 1 N–H and O–H groups in total. The minimum Gasteiger partial charge on any atom is -0.332 e. The average molecular weight is 295 g/mol. The van der Waals surface area contributed by atoms with Crippen LogP contribution >= 0.6 is 11.8 Å². The molecule has 0 aromatic carbocycles. The second kappa shape index (κ2) is 6.99. The summed E-state index contributed by atoms with van der Waals surface area (Å²) in [5.41, 5.74) is 1.37. The largest absolute Gasteiger partial charge is 0.332 e. The Labute approximate surface area is 127 Å². The molecular weight excluding hydrogens is 266 g/mol. The zero-order valence-electron chi connectivity index (χ0n) is 13.4. The van der Waals surface area contributed by atoms with Gasteiger partial charge in [0.05, 0.1) is 12.0 Å². The Kier molecular flexibility index (Phi) is 5.56. The van der Waals surface area contributed by atoms with Gasteiger partial charge in [0.1, 0.15) is 0 Å². The van der Waals surface area contributed by atoms with Gasteiger partial charge in [0.15, 0.2) is 0 Å². The summed E-state index contributed by atoms with van der Waals surface area (Å²) in [7, 11) is 0. The number of piperidine rings is 1. The van der Waals surface area contributed by atoms with Crippen LogP contribution in [0.5, 0.6) is 0 Å². The molecular formula is C16H29N3S. The van der Waals surface area contributed by atoms with E-state index in [0.717, 1.165) is 6.54 Å². The maximum absolute atomic E-state index is 4.42. The molecule has 1 fully saturated rings. The Balaban J connectivity index is 2.15. The standard InChI is InChI=1S/C16H29N3S/c1-5-16(6-2,20-4)11-19-12-17-10-15(19)14-9-7-8-13(3)18-14/h10,12-14,18H,5-9,11H2,1-4H3. The fraction of sp³-hybridized carbons (Fsp3) is 0.812. The van der Waals surface area contributed by atoms with Gasteiger partial charge in [-0.15, -0.1) is 0 Å². The molecule has 1 aromatic heterocycles. The van der Waals surface area contributed by atoms with Crippen molar-refractivity contribution in [2.75, 3.05) is 6.26 Å². The molecule has 0 bridgehead atoms. The number of aromatic nitrogens is 2. The molecule has 0 spiro atoms. The van der Waals surface area contributed by atoms with Crippen LogP contribution in [0.25, 0.3) is 0 Å². The lowest BCUT2D eigenvalue weighted by Gasteiger charge is -2.33. The van der Waals surface area contributed by atoms with Gasteiger partial charge in [0.2, 0.25) is 0 Å². The first-order valence-electron chi connectivity index (χ1n) is 7.95. The molecule has 0 aliphatic carbocycles. The van der Waals surface area contributed by atoms with Crippen LogP contribution in [0.4, 0.5) is 0 Å². The van der Waals surface area contributed by atoms with Crippen molar-refractivity contribution in [1.29, 1.82) is 0 Å². The van der Waals surface area contributed by atoms with Crippen molar-refractivity contribution in [2.24, 2.45) is 0 Å². The average Bonchev–Trinajstić information content (AvgIpc) is 2.93. The van der Waals surface area contributed by atoms with E-state index in [2.05, 4.69) is 48.1 Å². The molecule has 2 atom stereocenters. The molecule has 1 aromatic rings. The smallest absolute Gasteiger partial charge is 0.0949 e. The molecule has 0 amide bonds. The Morgan fingerprint density at radius 2 is 2.15 bits per heavy atom. The maximum Gasteiger partial charge on any atom is 0.0949 e. The van der Waals surface area contributed by atoms with Gasteiger partial charge >= 0.3 is 0 Å². The van der Waals surface area contributed by atoms with Crippen LogP contribution in [-0.2, 0) is 6.54 Å². The van der Waals surface area contributed by atoms with Gasteiger partial charge in [0, 0.05) is 29.6 Å². The summed E-state index contributed by atoms with van der Waals surface area (Å²) < 4.78 is 2.73. The van der Waals surface area contributed by atoms with Crippen molar-refractivity contribution in [3.05, 3.63) is 18.2 Å². The molecule has 1 saturated heterocycles. The summed E-state index contributed by atoms with van der Waals surface area (Å²) >= 11 is 2.00. The fourth-order valence-corrected chi connectivity index (χ4v) is 4.11. The highest BCUT2D eigenvalue weighted by molar-refractivity contribution is 8.00. The monoisotopic (exact) mass is 295 g/mol. The Morgan fingerprint density at radius 1 is 1.40 bits per heavy atom. The van der Waals surface area contributed by atoms with Crippen LogP contribution in [-0.4, -0.2) is 26.6 Å².